The molecule has 0 fully saturated rings. The van der Waals surface area contributed by atoms with Gasteiger partial charge in [-0.2, -0.15) is 0 Å². The molecule has 0 aliphatic heterocycles. The van der Waals surface area contributed by atoms with Crippen molar-refractivity contribution in [2.24, 2.45) is 0 Å². The van der Waals surface area contributed by atoms with Gasteiger partial charge < -0.3 is 10.4 Å². The number of carbonyl (C=O) groups excluding carboxylic acids is 1. The summed E-state index contributed by atoms with van der Waals surface area (Å²) in [7, 11) is 0. The second-order valence-electron chi connectivity index (χ2n) is 8.87. The van der Waals surface area contributed by atoms with E-state index >= 15 is 0 Å². The zero-order valence-corrected chi connectivity index (χ0v) is 16.7. The number of fused-ring (bicyclic) bond motifs is 1. The lowest BCUT2D eigenvalue weighted by Crippen LogP contribution is -2.34. The largest absolute Gasteiger partial charge is 0.478 e. The highest BCUT2D eigenvalue weighted by atomic mass is 19.1. The van der Waals surface area contributed by atoms with Crippen molar-refractivity contribution in [1.29, 1.82) is 0 Å². The van der Waals surface area contributed by atoms with Crippen molar-refractivity contribution in [2.75, 3.05) is 5.32 Å². The summed E-state index contributed by atoms with van der Waals surface area (Å²) in [6.07, 6.45) is 2.34. The monoisotopic (exact) mass is 383 g/mol. The molecule has 1 aliphatic rings. The Morgan fingerprint density at radius 1 is 1.00 bits per heavy atom. The maximum absolute atomic E-state index is 14.0. The van der Waals surface area contributed by atoms with Crippen LogP contribution in [0.1, 0.15) is 67.6 Å². The Hall–Kier alpha value is -2.69. The molecule has 4 nitrogen and oxygen atoms in total. The van der Waals surface area contributed by atoms with E-state index in [0.717, 1.165) is 24.5 Å². The predicted molar refractivity (Wildman–Crippen MR) is 107 cm³/mol. The summed E-state index contributed by atoms with van der Waals surface area (Å²) >= 11 is 0. The Kier molecular flexibility index (Phi) is 5.04. The van der Waals surface area contributed by atoms with E-state index in [2.05, 4.69) is 45.1 Å². The molecular formula is C23H26FNO3. The van der Waals surface area contributed by atoms with E-state index < -0.39 is 11.8 Å². The average molecular weight is 383 g/mol. The summed E-state index contributed by atoms with van der Waals surface area (Å²) in [4.78, 5) is 23.3. The molecule has 5 heteroatoms. The number of anilines is 1. The third-order valence-corrected chi connectivity index (χ3v) is 5.77. The van der Waals surface area contributed by atoms with E-state index in [4.69, 9.17) is 5.11 Å². The molecule has 0 bridgehead atoms. The molecule has 1 aliphatic carbocycles. The lowest BCUT2D eigenvalue weighted by atomic mass is 9.63. The zero-order chi connectivity index (χ0) is 20.7. The third-order valence-electron chi connectivity index (χ3n) is 5.77. The quantitative estimate of drug-likeness (QED) is 0.776. The van der Waals surface area contributed by atoms with E-state index in [1.165, 1.54) is 23.3 Å². The first-order valence-electron chi connectivity index (χ1n) is 9.46. The minimum atomic E-state index is -1.21. The van der Waals surface area contributed by atoms with Crippen LogP contribution in [0.15, 0.2) is 36.4 Å². The minimum absolute atomic E-state index is 0.0191. The van der Waals surface area contributed by atoms with Gasteiger partial charge in [0.15, 0.2) is 0 Å². The summed E-state index contributed by atoms with van der Waals surface area (Å²) in [6.45, 7) is 8.95. The lowest BCUT2D eigenvalue weighted by Gasteiger charge is -2.42. The Morgan fingerprint density at radius 3 is 2.25 bits per heavy atom. The molecule has 0 saturated heterocycles. The van der Waals surface area contributed by atoms with Crippen LogP contribution < -0.4 is 5.32 Å². The summed E-state index contributed by atoms with van der Waals surface area (Å²) in [5.41, 5.74) is 3.46. The van der Waals surface area contributed by atoms with Crippen LogP contribution in [0.3, 0.4) is 0 Å². The highest BCUT2D eigenvalue weighted by molar-refractivity contribution is 5.93. The average Bonchev–Trinajstić information content (AvgIpc) is 2.60. The van der Waals surface area contributed by atoms with Crippen LogP contribution in [0.5, 0.6) is 0 Å². The Bertz CT molecular complexity index is 947. The second kappa shape index (κ2) is 7.04. The van der Waals surface area contributed by atoms with Gasteiger partial charge in [-0.05, 0) is 58.6 Å². The van der Waals surface area contributed by atoms with Crippen molar-refractivity contribution in [3.8, 4) is 0 Å². The van der Waals surface area contributed by atoms with Gasteiger partial charge in [0.25, 0.3) is 0 Å². The first-order chi connectivity index (χ1) is 13.0. The molecule has 2 aromatic rings. The van der Waals surface area contributed by atoms with Crippen LogP contribution in [-0.4, -0.2) is 17.0 Å². The summed E-state index contributed by atoms with van der Waals surface area (Å²) in [6, 6.07) is 9.62. The van der Waals surface area contributed by atoms with Gasteiger partial charge in [0.05, 0.1) is 17.7 Å². The number of carboxylic acids is 1. The molecule has 0 atom stereocenters. The van der Waals surface area contributed by atoms with Crippen LogP contribution in [0, 0.1) is 5.82 Å². The molecule has 0 radical (unpaired) electrons. The molecule has 148 valence electrons. The number of rotatable bonds is 4. The van der Waals surface area contributed by atoms with Crippen molar-refractivity contribution >= 4 is 17.6 Å². The molecule has 28 heavy (non-hydrogen) atoms. The number of amides is 1. The fourth-order valence-corrected chi connectivity index (χ4v) is 3.88. The fourth-order valence-electron chi connectivity index (χ4n) is 3.88. The standard InChI is InChI=1S/C23H26FNO3/c1-22(2)9-10-23(3,4)17-11-14(5-7-16(17)22)12-20(26)25-19-8-6-15(21(27)28)13-18(19)24/h5-8,11,13H,9-10,12H2,1-4H3,(H,25,26)(H,27,28). The molecule has 1 amide bonds. The van der Waals surface area contributed by atoms with Gasteiger partial charge in [0.1, 0.15) is 5.82 Å². The van der Waals surface area contributed by atoms with Gasteiger partial charge in [-0.3, -0.25) is 4.79 Å². The molecular weight excluding hydrogens is 357 g/mol. The number of hydrogen-bond acceptors (Lipinski definition) is 2. The summed E-state index contributed by atoms with van der Waals surface area (Å²) in [5.74, 6) is -2.31. The second-order valence-corrected chi connectivity index (χ2v) is 8.87. The fraction of sp³-hybridized carbons (Fsp3) is 0.391. The van der Waals surface area contributed by atoms with Gasteiger partial charge in [0, 0.05) is 0 Å². The zero-order valence-electron chi connectivity index (χ0n) is 16.7. The lowest BCUT2D eigenvalue weighted by molar-refractivity contribution is -0.115. The van der Waals surface area contributed by atoms with Gasteiger partial charge >= 0.3 is 5.97 Å². The normalized spacial score (nSPS) is 16.9. The van der Waals surface area contributed by atoms with Gasteiger partial charge in [0.2, 0.25) is 5.91 Å². The van der Waals surface area contributed by atoms with Gasteiger partial charge in [-0.1, -0.05) is 45.9 Å². The van der Waals surface area contributed by atoms with Crippen LogP contribution in [0.2, 0.25) is 0 Å². The maximum Gasteiger partial charge on any atom is 0.335 e. The number of halogens is 1. The van der Waals surface area contributed by atoms with Crippen LogP contribution in [0.4, 0.5) is 10.1 Å². The smallest absolute Gasteiger partial charge is 0.335 e. The van der Waals surface area contributed by atoms with E-state index in [1.807, 2.05) is 6.07 Å². The van der Waals surface area contributed by atoms with Crippen molar-refractivity contribution < 1.29 is 19.1 Å². The molecule has 3 rings (SSSR count). The first-order valence-corrected chi connectivity index (χ1v) is 9.46. The van der Waals surface area contributed by atoms with Crippen LogP contribution in [-0.2, 0) is 22.0 Å². The Labute approximate surface area is 164 Å². The van der Waals surface area contributed by atoms with Crippen molar-refractivity contribution in [2.45, 2.75) is 57.8 Å². The molecule has 0 unspecified atom stereocenters. The van der Waals surface area contributed by atoms with E-state index in [9.17, 15) is 14.0 Å². The first kappa shape index (κ1) is 20.1. The Morgan fingerprint density at radius 2 is 1.64 bits per heavy atom. The van der Waals surface area contributed by atoms with E-state index in [-0.39, 0.29) is 34.4 Å². The number of carbonyl (C=O) groups is 2. The third kappa shape index (κ3) is 3.93. The molecule has 0 saturated carbocycles. The maximum atomic E-state index is 14.0. The van der Waals surface area contributed by atoms with E-state index in [1.54, 1.807) is 0 Å². The Balaban J connectivity index is 1.79. The predicted octanol–water partition coefficient (Wildman–Crippen LogP) is 5.05. The highest BCUT2D eigenvalue weighted by Gasteiger charge is 2.36. The number of aromatic carboxylic acids is 1. The summed E-state index contributed by atoms with van der Waals surface area (Å²) in [5, 5.41) is 11.4. The molecule has 0 spiro atoms. The van der Waals surface area contributed by atoms with Gasteiger partial charge in [-0.15, -0.1) is 0 Å². The SMILES string of the molecule is CC1(C)CCC(C)(C)c2cc(CC(=O)Nc3ccc(C(=O)O)cc3F)ccc21. The number of benzene rings is 2. The summed E-state index contributed by atoms with van der Waals surface area (Å²) < 4.78 is 14.0. The molecule has 2 N–H and O–H groups in total. The van der Waals surface area contributed by atoms with Crippen molar-refractivity contribution in [1.82, 2.24) is 0 Å². The van der Waals surface area contributed by atoms with Crippen LogP contribution >= 0.6 is 0 Å². The molecule has 0 heterocycles. The van der Waals surface area contributed by atoms with E-state index in [0.29, 0.717) is 0 Å². The van der Waals surface area contributed by atoms with Crippen molar-refractivity contribution in [3.05, 3.63) is 64.5 Å². The molecule has 2 aromatic carbocycles. The van der Waals surface area contributed by atoms with Crippen LogP contribution in [0.25, 0.3) is 0 Å². The minimum Gasteiger partial charge on any atom is -0.478 e. The highest BCUT2D eigenvalue weighted by Crippen LogP contribution is 2.45. The molecule has 0 aromatic heterocycles. The topological polar surface area (TPSA) is 66.4 Å². The van der Waals surface area contributed by atoms with Crippen molar-refractivity contribution in [3.63, 3.8) is 0 Å². The number of hydrogen-bond donors (Lipinski definition) is 2. The van der Waals surface area contributed by atoms with Gasteiger partial charge in [-0.25, -0.2) is 9.18 Å². The number of nitrogens with one attached hydrogen (secondary N) is 1. The number of carboxylic acid groups (broad SMARTS) is 1.